The fraction of sp³-hybridized carbons (Fsp3) is 0.889. The monoisotopic (exact) mass is 156 g/mol. The van der Waals surface area contributed by atoms with Crippen molar-refractivity contribution in [1.29, 1.82) is 0 Å². The van der Waals surface area contributed by atoms with E-state index in [2.05, 4.69) is 18.9 Å². The van der Waals surface area contributed by atoms with E-state index in [9.17, 15) is 0 Å². The minimum atomic E-state index is 0.327. The standard InChI is InChI=1S/C9H18NO/c1-8(11-3)9-6-4-5-7-10(9)2/h8-9H,2,4-7H2,1,3H3. The highest BCUT2D eigenvalue weighted by molar-refractivity contribution is 4.80. The zero-order valence-electron chi connectivity index (χ0n) is 7.55. The Morgan fingerprint density at radius 2 is 2.27 bits per heavy atom. The molecular formula is C9H18NO. The number of hydrogen-bond donors (Lipinski definition) is 0. The second kappa shape index (κ2) is 4.07. The number of rotatable bonds is 2. The Kier molecular flexibility index (Phi) is 3.34. The van der Waals surface area contributed by atoms with Gasteiger partial charge in [0.2, 0.25) is 0 Å². The summed E-state index contributed by atoms with van der Waals surface area (Å²) in [6.07, 6.45) is 4.17. The van der Waals surface area contributed by atoms with Crippen LogP contribution < -0.4 is 0 Å². The highest BCUT2D eigenvalue weighted by Crippen LogP contribution is 2.19. The average molecular weight is 156 g/mol. The zero-order chi connectivity index (χ0) is 8.27. The molecule has 0 aromatic heterocycles. The SMILES string of the molecule is [CH2]N1CCCCC1C(C)OC. The molecule has 1 radical (unpaired) electrons. The van der Waals surface area contributed by atoms with E-state index >= 15 is 0 Å². The van der Waals surface area contributed by atoms with Gasteiger partial charge in [0.1, 0.15) is 0 Å². The van der Waals surface area contributed by atoms with Crippen LogP contribution >= 0.6 is 0 Å². The molecule has 65 valence electrons. The van der Waals surface area contributed by atoms with Gasteiger partial charge in [0, 0.05) is 20.2 Å². The first-order chi connectivity index (χ1) is 5.25. The first-order valence-corrected chi connectivity index (χ1v) is 4.35. The second-order valence-electron chi connectivity index (χ2n) is 3.32. The smallest absolute Gasteiger partial charge is 0.0698 e. The van der Waals surface area contributed by atoms with Gasteiger partial charge in [-0.25, -0.2) is 0 Å². The third kappa shape index (κ3) is 2.17. The molecule has 1 heterocycles. The van der Waals surface area contributed by atoms with Crippen LogP contribution in [0.15, 0.2) is 0 Å². The zero-order valence-corrected chi connectivity index (χ0v) is 7.55. The molecule has 1 fully saturated rings. The second-order valence-corrected chi connectivity index (χ2v) is 3.32. The summed E-state index contributed by atoms with van der Waals surface area (Å²) in [6.45, 7) is 3.24. The van der Waals surface area contributed by atoms with E-state index in [-0.39, 0.29) is 0 Å². The third-order valence-electron chi connectivity index (χ3n) is 2.58. The molecular weight excluding hydrogens is 138 g/mol. The number of likely N-dealkylation sites (tertiary alicyclic amines) is 1. The van der Waals surface area contributed by atoms with E-state index < -0.39 is 0 Å². The van der Waals surface area contributed by atoms with Crippen molar-refractivity contribution in [3.8, 4) is 0 Å². The van der Waals surface area contributed by atoms with E-state index in [0.29, 0.717) is 12.1 Å². The van der Waals surface area contributed by atoms with E-state index in [0.717, 1.165) is 6.54 Å². The summed E-state index contributed by atoms with van der Waals surface area (Å²) in [5.74, 6) is 0. The summed E-state index contributed by atoms with van der Waals surface area (Å²) in [5.41, 5.74) is 0. The summed E-state index contributed by atoms with van der Waals surface area (Å²) in [6, 6.07) is 0.536. The van der Waals surface area contributed by atoms with Crippen molar-refractivity contribution in [1.82, 2.24) is 4.90 Å². The van der Waals surface area contributed by atoms with E-state index in [4.69, 9.17) is 4.74 Å². The van der Waals surface area contributed by atoms with Crippen LogP contribution in [0.5, 0.6) is 0 Å². The van der Waals surface area contributed by atoms with E-state index in [1.165, 1.54) is 19.3 Å². The van der Waals surface area contributed by atoms with Crippen molar-refractivity contribution < 1.29 is 4.74 Å². The molecule has 2 unspecified atom stereocenters. The van der Waals surface area contributed by atoms with Crippen LogP contribution in [-0.4, -0.2) is 30.7 Å². The van der Waals surface area contributed by atoms with E-state index in [1.54, 1.807) is 7.11 Å². The topological polar surface area (TPSA) is 12.5 Å². The lowest BCUT2D eigenvalue weighted by Crippen LogP contribution is -2.42. The fourth-order valence-corrected chi connectivity index (χ4v) is 1.71. The van der Waals surface area contributed by atoms with Gasteiger partial charge >= 0.3 is 0 Å². The Labute approximate surface area is 69.5 Å². The van der Waals surface area contributed by atoms with Gasteiger partial charge in [-0.05, 0) is 26.3 Å². The molecule has 2 nitrogen and oxygen atoms in total. The Morgan fingerprint density at radius 1 is 1.55 bits per heavy atom. The molecule has 0 aromatic carbocycles. The van der Waals surface area contributed by atoms with Gasteiger partial charge in [-0.1, -0.05) is 6.42 Å². The predicted molar refractivity (Wildman–Crippen MR) is 46.2 cm³/mol. The highest BCUT2D eigenvalue weighted by Gasteiger charge is 2.23. The van der Waals surface area contributed by atoms with Crippen LogP contribution in [0.1, 0.15) is 26.2 Å². The van der Waals surface area contributed by atoms with Crippen LogP contribution in [0.2, 0.25) is 0 Å². The van der Waals surface area contributed by atoms with Gasteiger partial charge in [-0.2, -0.15) is 0 Å². The largest absolute Gasteiger partial charge is 0.380 e. The number of piperidine rings is 1. The summed E-state index contributed by atoms with van der Waals surface area (Å²) in [4.78, 5) is 2.16. The summed E-state index contributed by atoms with van der Waals surface area (Å²) in [7, 11) is 5.77. The lowest BCUT2D eigenvalue weighted by atomic mass is 9.99. The minimum absolute atomic E-state index is 0.327. The third-order valence-corrected chi connectivity index (χ3v) is 2.58. The fourth-order valence-electron chi connectivity index (χ4n) is 1.71. The molecule has 1 saturated heterocycles. The molecule has 1 rings (SSSR count). The first kappa shape index (κ1) is 9.01. The molecule has 1 aliphatic heterocycles. The Hall–Kier alpha value is -0.0800. The minimum Gasteiger partial charge on any atom is -0.380 e. The maximum Gasteiger partial charge on any atom is 0.0698 e. The van der Waals surface area contributed by atoms with Crippen molar-refractivity contribution in [2.75, 3.05) is 13.7 Å². The Morgan fingerprint density at radius 3 is 2.82 bits per heavy atom. The summed E-state index contributed by atoms with van der Waals surface area (Å²) < 4.78 is 5.28. The molecule has 0 bridgehead atoms. The van der Waals surface area contributed by atoms with Crippen LogP contribution in [0, 0.1) is 7.05 Å². The summed E-state index contributed by atoms with van der Waals surface area (Å²) >= 11 is 0. The van der Waals surface area contributed by atoms with Gasteiger partial charge in [0.25, 0.3) is 0 Å². The molecule has 2 heteroatoms. The Bertz CT molecular complexity index is 112. The van der Waals surface area contributed by atoms with Gasteiger partial charge in [0.15, 0.2) is 0 Å². The maximum atomic E-state index is 5.28. The maximum absolute atomic E-state index is 5.28. The molecule has 2 atom stereocenters. The molecule has 0 spiro atoms. The van der Waals surface area contributed by atoms with Crippen molar-refractivity contribution in [3.05, 3.63) is 7.05 Å². The lowest BCUT2D eigenvalue weighted by molar-refractivity contribution is 0.0267. The molecule has 1 aliphatic rings. The predicted octanol–water partition coefficient (Wildman–Crippen LogP) is 1.67. The highest BCUT2D eigenvalue weighted by atomic mass is 16.5. The lowest BCUT2D eigenvalue weighted by Gasteiger charge is -2.35. The normalized spacial score (nSPS) is 30.3. The quantitative estimate of drug-likeness (QED) is 0.603. The van der Waals surface area contributed by atoms with Gasteiger partial charge in [0.05, 0.1) is 6.10 Å². The van der Waals surface area contributed by atoms with E-state index in [1.807, 2.05) is 0 Å². The van der Waals surface area contributed by atoms with Crippen LogP contribution in [0.3, 0.4) is 0 Å². The van der Waals surface area contributed by atoms with Crippen molar-refractivity contribution in [2.45, 2.75) is 38.3 Å². The molecule has 0 aliphatic carbocycles. The molecule has 0 saturated carbocycles. The number of methoxy groups -OCH3 is 1. The number of hydrogen-bond acceptors (Lipinski definition) is 2. The van der Waals surface area contributed by atoms with Crippen LogP contribution in [-0.2, 0) is 4.74 Å². The van der Waals surface area contributed by atoms with Crippen LogP contribution in [0.4, 0.5) is 0 Å². The molecule has 0 N–H and O–H groups in total. The molecule has 11 heavy (non-hydrogen) atoms. The first-order valence-electron chi connectivity index (χ1n) is 4.35. The van der Waals surface area contributed by atoms with Gasteiger partial charge in [-0.15, -0.1) is 0 Å². The average Bonchev–Trinajstić information content (AvgIpc) is 2.04. The molecule has 0 aromatic rings. The van der Waals surface area contributed by atoms with Crippen LogP contribution in [0.25, 0.3) is 0 Å². The molecule has 0 amide bonds. The summed E-state index contributed by atoms with van der Waals surface area (Å²) in [5, 5.41) is 0. The van der Waals surface area contributed by atoms with Crippen molar-refractivity contribution >= 4 is 0 Å². The van der Waals surface area contributed by atoms with Crippen molar-refractivity contribution in [3.63, 3.8) is 0 Å². The van der Waals surface area contributed by atoms with Gasteiger partial charge < -0.3 is 4.74 Å². The Balaban J connectivity index is 2.40. The van der Waals surface area contributed by atoms with Crippen molar-refractivity contribution in [2.24, 2.45) is 0 Å². The number of nitrogens with zero attached hydrogens (tertiary/aromatic N) is 1. The number of ether oxygens (including phenoxy) is 1. The van der Waals surface area contributed by atoms with Gasteiger partial charge in [-0.3, -0.25) is 4.90 Å².